The number of carbonyl (C=O) groups excluding carboxylic acids is 1. The molecular formula is C12H23NO. The molecule has 0 aliphatic rings. The van der Waals surface area contributed by atoms with E-state index in [-0.39, 0.29) is 5.91 Å². The molecule has 2 heteroatoms. The molecule has 1 amide bonds. The van der Waals surface area contributed by atoms with E-state index >= 15 is 0 Å². The minimum atomic E-state index is 0.126. The molecule has 0 fully saturated rings. The van der Waals surface area contributed by atoms with Gasteiger partial charge in [-0.05, 0) is 12.8 Å². The summed E-state index contributed by atoms with van der Waals surface area (Å²) in [5.74, 6) is 0.126. The Morgan fingerprint density at radius 1 is 1.21 bits per heavy atom. The largest absolute Gasteiger partial charge is 0.342 e. The molecule has 0 aromatic carbocycles. The Morgan fingerprint density at radius 3 is 2.50 bits per heavy atom. The van der Waals surface area contributed by atoms with Crippen LogP contribution in [-0.2, 0) is 4.79 Å². The molecule has 0 aliphatic heterocycles. The lowest BCUT2D eigenvalue weighted by molar-refractivity contribution is -0.127. The number of hydrogen-bond donors (Lipinski definition) is 0. The topological polar surface area (TPSA) is 20.3 Å². The minimum Gasteiger partial charge on any atom is -0.342 e. The van der Waals surface area contributed by atoms with Gasteiger partial charge in [-0.15, -0.1) is 0 Å². The quantitative estimate of drug-likeness (QED) is 0.454. The number of nitrogens with zero attached hydrogens (tertiary/aromatic N) is 1. The van der Waals surface area contributed by atoms with Crippen LogP contribution in [0, 0.1) is 0 Å². The van der Waals surface area contributed by atoms with Gasteiger partial charge in [-0.3, -0.25) is 4.79 Å². The van der Waals surface area contributed by atoms with E-state index < -0.39 is 0 Å². The zero-order valence-electron chi connectivity index (χ0n) is 9.75. The van der Waals surface area contributed by atoms with E-state index in [2.05, 4.69) is 19.1 Å². The van der Waals surface area contributed by atoms with Crippen molar-refractivity contribution in [2.75, 3.05) is 13.6 Å². The first-order valence-electron chi connectivity index (χ1n) is 5.55. The summed E-state index contributed by atoms with van der Waals surface area (Å²) in [5, 5.41) is 0. The Hall–Kier alpha value is -0.790. The molecular weight excluding hydrogens is 174 g/mol. The third kappa shape index (κ3) is 7.84. The zero-order valence-corrected chi connectivity index (χ0v) is 9.75. The number of rotatable bonds is 7. The van der Waals surface area contributed by atoms with Crippen molar-refractivity contribution in [2.24, 2.45) is 0 Å². The first-order valence-corrected chi connectivity index (χ1v) is 5.55. The Kier molecular flexibility index (Phi) is 8.30. The van der Waals surface area contributed by atoms with Crippen LogP contribution in [0.2, 0.25) is 0 Å². The lowest BCUT2D eigenvalue weighted by atomic mass is 10.1. The standard InChI is InChI=1S/C12H23NO/c1-4-5-6-7-8-9-10-11-13(3)12(2)14/h9-10H,4-8,11H2,1-3H3. The van der Waals surface area contributed by atoms with E-state index in [9.17, 15) is 4.79 Å². The highest BCUT2D eigenvalue weighted by Crippen LogP contribution is 2.02. The molecule has 0 saturated carbocycles. The lowest BCUT2D eigenvalue weighted by Gasteiger charge is -2.10. The maximum atomic E-state index is 10.8. The highest BCUT2D eigenvalue weighted by Gasteiger charge is 1.96. The second-order valence-corrected chi connectivity index (χ2v) is 3.72. The van der Waals surface area contributed by atoms with Gasteiger partial charge in [0.15, 0.2) is 0 Å². The Bertz CT molecular complexity index is 175. The number of allylic oxidation sites excluding steroid dienone is 1. The van der Waals surface area contributed by atoms with Crippen molar-refractivity contribution in [1.29, 1.82) is 0 Å². The predicted octanol–water partition coefficient (Wildman–Crippen LogP) is 2.99. The molecule has 82 valence electrons. The van der Waals surface area contributed by atoms with E-state index in [4.69, 9.17) is 0 Å². The molecule has 0 N–H and O–H groups in total. The summed E-state index contributed by atoms with van der Waals surface area (Å²) < 4.78 is 0. The van der Waals surface area contributed by atoms with E-state index in [1.54, 1.807) is 11.8 Å². The SMILES string of the molecule is CCCCCCC=CCN(C)C(C)=O. The summed E-state index contributed by atoms with van der Waals surface area (Å²) in [6.45, 7) is 4.55. The summed E-state index contributed by atoms with van der Waals surface area (Å²) in [6, 6.07) is 0. The fourth-order valence-corrected chi connectivity index (χ4v) is 1.17. The summed E-state index contributed by atoms with van der Waals surface area (Å²) in [5.41, 5.74) is 0. The lowest BCUT2D eigenvalue weighted by Crippen LogP contribution is -2.23. The van der Waals surface area contributed by atoms with Crippen LogP contribution < -0.4 is 0 Å². The van der Waals surface area contributed by atoms with Crippen LogP contribution in [0.4, 0.5) is 0 Å². The van der Waals surface area contributed by atoms with Gasteiger partial charge in [-0.25, -0.2) is 0 Å². The fraction of sp³-hybridized carbons (Fsp3) is 0.750. The van der Waals surface area contributed by atoms with Gasteiger partial charge in [0.05, 0.1) is 0 Å². The number of carbonyl (C=O) groups is 1. The predicted molar refractivity (Wildman–Crippen MR) is 61.2 cm³/mol. The van der Waals surface area contributed by atoms with E-state index in [1.165, 1.54) is 25.7 Å². The molecule has 0 atom stereocenters. The highest BCUT2D eigenvalue weighted by molar-refractivity contribution is 5.72. The molecule has 0 unspecified atom stereocenters. The van der Waals surface area contributed by atoms with E-state index in [1.807, 2.05) is 7.05 Å². The van der Waals surface area contributed by atoms with E-state index in [0.29, 0.717) is 0 Å². The van der Waals surface area contributed by atoms with Gasteiger partial charge >= 0.3 is 0 Å². The van der Waals surface area contributed by atoms with Gasteiger partial charge in [-0.2, -0.15) is 0 Å². The normalized spacial score (nSPS) is 10.8. The van der Waals surface area contributed by atoms with Crippen molar-refractivity contribution in [3.05, 3.63) is 12.2 Å². The number of unbranched alkanes of at least 4 members (excludes halogenated alkanes) is 4. The van der Waals surface area contributed by atoms with Crippen LogP contribution in [0.3, 0.4) is 0 Å². The summed E-state index contributed by atoms with van der Waals surface area (Å²) in [7, 11) is 1.82. The minimum absolute atomic E-state index is 0.126. The first kappa shape index (κ1) is 13.2. The van der Waals surface area contributed by atoms with Crippen LogP contribution in [0.15, 0.2) is 12.2 Å². The molecule has 14 heavy (non-hydrogen) atoms. The molecule has 0 heterocycles. The Balaban J connectivity index is 3.31. The number of likely N-dealkylation sites (N-methyl/N-ethyl adjacent to an activating group) is 1. The van der Waals surface area contributed by atoms with Crippen molar-refractivity contribution < 1.29 is 4.79 Å². The molecule has 0 saturated heterocycles. The third-order valence-electron chi connectivity index (χ3n) is 2.31. The van der Waals surface area contributed by atoms with Gasteiger partial charge in [0.2, 0.25) is 5.91 Å². The maximum Gasteiger partial charge on any atom is 0.219 e. The molecule has 2 nitrogen and oxygen atoms in total. The Morgan fingerprint density at radius 2 is 1.93 bits per heavy atom. The van der Waals surface area contributed by atoms with Crippen LogP contribution in [0.25, 0.3) is 0 Å². The third-order valence-corrected chi connectivity index (χ3v) is 2.31. The van der Waals surface area contributed by atoms with Crippen molar-refractivity contribution >= 4 is 5.91 Å². The smallest absolute Gasteiger partial charge is 0.219 e. The zero-order chi connectivity index (χ0) is 10.8. The summed E-state index contributed by atoms with van der Waals surface area (Å²) in [6.07, 6.45) is 10.6. The second-order valence-electron chi connectivity index (χ2n) is 3.72. The van der Waals surface area contributed by atoms with Crippen molar-refractivity contribution in [2.45, 2.75) is 46.0 Å². The first-order chi connectivity index (χ1) is 6.68. The van der Waals surface area contributed by atoms with Crippen molar-refractivity contribution in [3.8, 4) is 0 Å². The number of hydrogen-bond acceptors (Lipinski definition) is 1. The van der Waals surface area contributed by atoms with Crippen molar-refractivity contribution in [3.63, 3.8) is 0 Å². The van der Waals surface area contributed by atoms with Crippen LogP contribution in [-0.4, -0.2) is 24.4 Å². The van der Waals surface area contributed by atoms with Crippen molar-refractivity contribution in [1.82, 2.24) is 4.90 Å². The highest BCUT2D eigenvalue weighted by atomic mass is 16.2. The molecule has 0 aliphatic carbocycles. The summed E-state index contributed by atoms with van der Waals surface area (Å²) in [4.78, 5) is 12.6. The van der Waals surface area contributed by atoms with Crippen LogP contribution >= 0.6 is 0 Å². The molecule has 0 bridgehead atoms. The monoisotopic (exact) mass is 197 g/mol. The summed E-state index contributed by atoms with van der Waals surface area (Å²) >= 11 is 0. The second kappa shape index (κ2) is 8.79. The molecule has 0 rings (SSSR count). The van der Waals surface area contributed by atoms with Gasteiger partial charge in [0.25, 0.3) is 0 Å². The van der Waals surface area contributed by atoms with Gasteiger partial charge in [-0.1, -0.05) is 38.3 Å². The van der Waals surface area contributed by atoms with Gasteiger partial charge in [0, 0.05) is 20.5 Å². The van der Waals surface area contributed by atoms with Crippen LogP contribution in [0.5, 0.6) is 0 Å². The van der Waals surface area contributed by atoms with Gasteiger partial charge < -0.3 is 4.90 Å². The van der Waals surface area contributed by atoms with E-state index in [0.717, 1.165) is 13.0 Å². The fourth-order valence-electron chi connectivity index (χ4n) is 1.17. The Labute approximate surface area is 88.0 Å². The molecule has 0 radical (unpaired) electrons. The molecule has 0 spiro atoms. The average molecular weight is 197 g/mol. The number of amides is 1. The molecule has 0 aromatic rings. The molecule has 0 aromatic heterocycles. The average Bonchev–Trinajstić information content (AvgIpc) is 2.16. The van der Waals surface area contributed by atoms with Gasteiger partial charge in [0.1, 0.15) is 0 Å². The van der Waals surface area contributed by atoms with Crippen LogP contribution in [0.1, 0.15) is 46.0 Å². The maximum absolute atomic E-state index is 10.8.